The van der Waals surface area contributed by atoms with E-state index in [2.05, 4.69) is 24.2 Å². The first kappa shape index (κ1) is 17.8. The van der Waals surface area contributed by atoms with E-state index in [9.17, 15) is 14.4 Å². The van der Waals surface area contributed by atoms with Crippen LogP contribution in [0.4, 0.5) is 10.5 Å². The molecule has 0 fully saturated rings. The van der Waals surface area contributed by atoms with Crippen LogP contribution in [0.3, 0.4) is 0 Å². The molecule has 1 aliphatic rings. The number of hydrogen-bond donors (Lipinski definition) is 1. The molecule has 0 aromatic heterocycles. The van der Waals surface area contributed by atoms with Crippen LogP contribution in [0.1, 0.15) is 45.1 Å². The Labute approximate surface area is 141 Å². The maximum Gasteiger partial charge on any atom is 0.349 e. The molecule has 1 heterocycles. The zero-order valence-corrected chi connectivity index (χ0v) is 14.5. The van der Waals surface area contributed by atoms with Crippen LogP contribution in [0.5, 0.6) is 0 Å². The van der Waals surface area contributed by atoms with Crippen molar-refractivity contribution in [3.05, 3.63) is 29.8 Å². The second kappa shape index (κ2) is 7.38. The highest BCUT2D eigenvalue weighted by atomic mass is 16.2. The molecular formula is C18H23N3O3. The summed E-state index contributed by atoms with van der Waals surface area (Å²) in [4.78, 5) is 40.5. The van der Waals surface area contributed by atoms with Crippen molar-refractivity contribution in [2.24, 2.45) is 10.9 Å². The van der Waals surface area contributed by atoms with Gasteiger partial charge in [-0.25, -0.2) is 9.79 Å². The standard InChI is InChI=1S/C18H23N3O3/c1-11(2)13-5-7-14(8-6-13)20-16(22)10-9-15-12(3)19-18(24)21(4)17(15)23/h5-8,11,15H,9-10H2,1-4H3,(H,20,22). The van der Waals surface area contributed by atoms with Crippen molar-refractivity contribution in [3.63, 3.8) is 0 Å². The molecule has 24 heavy (non-hydrogen) atoms. The summed E-state index contributed by atoms with van der Waals surface area (Å²) in [5, 5.41) is 2.83. The molecule has 1 N–H and O–H groups in total. The average Bonchev–Trinajstić information content (AvgIpc) is 2.53. The van der Waals surface area contributed by atoms with Crippen molar-refractivity contribution < 1.29 is 14.4 Å². The van der Waals surface area contributed by atoms with Gasteiger partial charge < -0.3 is 5.32 Å². The van der Waals surface area contributed by atoms with E-state index >= 15 is 0 Å². The van der Waals surface area contributed by atoms with E-state index in [0.717, 1.165) is 10.6 Å². The van der Waals surface area contributed by atoms with Gasteiger partial charge in [-0.05, 0) is 37.0 Å². The van der Waals surface area contributed by atoms with Crippen LogP contribution >= 0.6 is 0 Å². The van der Waals surface area contributed by atoms with E-state index in [1.165, 1.54) is 12.6 Å². The Hall–Kier alpha value is -2.50. The number of anilines is 1. The van der Waals surface area contributed by atoms with Crippen molar-refractivity contribution in [1.29, 1.82) is 0 Å². The van der Waals surface area contributed by atoms with E-state index in [0.29, 0.717) is 18.1 Å². The van der Waals surface area contributed by atoms with Crippen molar-refractivity contribution in [1.82, 2.24) is 4.90 Å². The highest BCUT2D eigenvalue weighted by Crippen LogP contribution is 2.20. The highest BCUT2D eigenvalue weighted by Gasteiger charge is 2.33. The fourth-order valence-electron chi connectivity index (χ4n) is 2.59. The average molecular weight is 329 g/mol. The second-order valence-corrected chi connectivity index (χ2v) is 6.35. The van der Waals surface area contributed by atoms with Crippen molar-refractivity contribution in [3.8, 4) is 0 Å². The number of carbonyl (C=O) groups is 3. The molecule has 1 atom stereocenters. The summed E-state index contributed by atoms with van der Waals surface area (Å²) in [6.45, 7) is 5.87. The molecule has 0 saturated carbocycles. The van der Waals surface area contributed by atoms with Crippen molar-refractivity contribution in [2.75, 3.05) is 12.4 Å². The topological polar surface area (TPSA) is 78.8 Å². The third-order valence-electron chi connectivity index (χ3n) is 4.21. The number of rotatable bonds is 5. The van der Waals surface area contributed by atoms with Gasteiger partial charge in [0.25, 0.3) is 0 Å². The Morgan fingerprint density at radius 3 is 2.46 bits per heavy atom. The molecule has 6 heteroatoms. The summed E-state index contributed by atoms with van der Waals surface area (Å²) in [6, 6.07) is 7.17. The van der Waals surface area contributed by atoms with Gasteiger partial charge in [-0.1, -0.05) is 26.0 Å². The van der Waals surface area contributed by atoms with Gasteiger partial charge in [-0.2, -0.15) is 0 Å². The van der Waals surface area contributed by atoms with E-state index in [1.54, 1.807) is 6.92 Å². The number of urea groups is 1. The van der Waals surface area contributed by atoms with Gasteiger partial charge >= 0.3 is 6.03 Å². The molecule has 1 aromatic carbocycles. The predicted molar refractivity (Wildman–Crippen MR) is 93.2 cm³/mol. The molecule has 2 rings (SSSR count). The lowest BCUT2D eigenvalue weighted by molar-refractivity contribution is -0.129. The molecule has 0 spiro atoms. The normalized spacial score (nSPS) is 18.0. The summed E-state index contributed by atoms with van der Waals surface area (Å²) in [7, 11) is 1.41. The van der Waals surface area contributed by atoms with Gasteiger partial charge in [0.05, 0.1) is 5.92 Å². The largest absolute Gasteiger partial charge is 0.349 e. The maximum atomic E-state index is 12.1. The van der Waals surface area contributed by atoms with E-state index in [-0.39, 0.29) is 18.2 Å². The molecule has 1 aromatic rings. The van der Waals surface area contributed by atoms with Gasteiger partial charge in [0.1, 0.15) is 0 Å². The fourth-order valence-corrected chi connectivity index (χ4v) is 2.59. The Balaban J connectivity index is 1.92. The van der Waals surface area contributed by atoms with Crippen LogP contribution in [-0.4, -0.2) is 35.5 Å². The number of benzene rings is 1. The minimum Gasteiger partial charge on any atom is -0.326 e. The number of nitrogens with zero attached hydrogens (tertiary/aromatic N) is 2. The first-order valence-corrected chi connectivity index (χ1v) is 8.06. The van der Waals surface area contributed by atoms with Gasteiger partial charge in [-0.15, -0.1) is 0 Å². The third kappa shape index (κ3) is 4.07. The number of nitrogens with one attached hydrogen (secondary N) is 1. The van der Waals surface area contributed by atoms with E-state index in [1.807, 2.05) is 24.3 Å². The third-order valence-corrected chi connectivity index (χ3v) is 4.21. The lowest BCUT2D eigenvalue weighted by Gasteiger charge is -2.25. The predicted octanol–water partition coefficient (Wildman–Crippen LogP) is 3.20. The molecule has 128 valence electrons. The highest BCUT2D eigenvalue weighted by molar-refractivity contribution is 6.15. The maximum absolute atomic E-state index is 12.1. The van der Waals surface area contributed by atoms with Crippen LogP contribution in [-0.2, 0) is 9.59 Å². The number of imide groups is 1. The molecule has 0 radical (unpaired) electrons. The van der Waals surface area contributed by atoms with E-state index in [4.69, 9.17) is 0 Å². The summed E-state index contributed by atoms with van der Waals surface area (Å²) in [6.07, 6.45) is 0.527. The van der Waals surface area contributed by atoms with Crippen molar-refractivity contribution in [2.45, 2.75) is 39.5 Å². The van der Waals surface area contributed by atoms with Crippen LogP contribution in [0.25, 0.3) is 0 Å². The van der Waals surface area contributed by atoms with Gasteiger partial charge in [0.2, 0.25) is 11.8 Å². The van der Waals surface area contributed by atoms with Crippen LogP contribution < -0.4 is 5.32 Å². The second-order valence-electron chi connectivity index (χ2n) is 6.35. The Kier molecular flexibility index (Phi) is 5.49. The summed E-state index contributed by atoms with van der Waals surface area (Å²) in [5.41, 5.74) is 2.41. The zero-order chi connectivity index (χ0) is 17.9. The lowest BCUT2D eigenvalue weighted by atomic mass is 9.95. The molecule has 1 unspecified atom stereocenters. The number of amides is 4. The number of hydrogen-bond acceptors (Lipinski definition) is 3. The first-order chi connectivity index (χ1) is 11.3. The zero-order valence-electron chi connectivity index (χ0n) is 14.5. The van der Waals surface area contributed by atoms with Gasteiger partial charge in [0, 0.05) is 24.9 Å². The molecule has 4 amide bonds. The monoisotopic (exact) mass is 329 g/mol. The first-order valence-electron chi connectivity index (χ1n) is 8.06. The fraction of sp³-hybridized carbons (Fsp3) is 0.444. The summed E-state index contributed by atoms with van der Waals surface area (Å²) >= 11 is 0. The molecule has 0 saturated heterocycles. The Morgan fingerprint density at radius 1 is 1.25 bits per heavy atom. The van der Waals surface area contributed by atoms with Crippen LogP contribution in [0.15, 0.2) is 29.3 Å². The number of aliphatic imine (C=N–C) groups is 1. The van der Waals surface area contributed by atoms with Gasteiger partial charge in [-0.3, -0.25) is 14.5 Å². The Bertz CT molecular complexity index is 677. The quantitative estimate of drug-likeness (QED) is 0.901. The molecule has 1 aliphatic heterocycles. The minimum atomic E-state index is -0.552. The summed E-state index contributed by atoms with van der Waals surface area (Å²) in [5.74, 6) is -0.537. The minimum absolute atomic E-state index is 0.160. The molecule has 6 nitrogen and oxygen atoms in total. The van der Waals surface area contributed by atoms with E-state index < -0.39 is 11.9 Å². The molecule has 0 bridgehead atoms. The molecular weight excluding hydrogens is 306 g/mol. The van der Waals surface area contributed by atoms with Crippen molar-refractivity contribution >= 4 is 29.2 Å². The smallest absolute Gasteiger partial charge is 0.326 e. The summed E-state index contributed by atoms with van der Waals surface area (Å²) < 4.78 is 0. The lowest BCUT2D eigenvalue weighted by Crippen LogP contribution is -2.43. The van der Waals surface area contributed by atoms with Crippen LogP contribution in [0, 0.1) is 5.92 Å². The molecule has 0 aliphatic carbocycles. The van der Waals surface area contributed by atoms with Gasteiger partial charge in [0.15, 0.2) is 0 Å². The SMILES string of the molecule is CC1=NC(=O)N(C)C(=O)C1CCC(=O)Nc1ccc(C(C)C)cc1. The number of carbonyl (C=O) groups excluding carboxylic acids is 3. The Morgan fingerprint density at radius 2 is 1.88 bits per heavy atom. The van der Waals surface area contributed by atoms with Crippen LogP contribution in [0.2, 0.25) is 0 Å².